The number of aliphatic carboxylic acids is 1. The van der Waals surface area contributed by atoms with Gasteiger partial charge in [0, 0.05) is 5.69 Å². The lowest BCUT2D eigenvalue weighted by Crippen LogP contribution is -1.97. The van der Waals surface area contributed by atoms with Crippen molar-refractivity contribution in [2.24, 2.45) is 0 Å². The van der Waals surface area contributed by atoms with Crippen LogP contribution in [0.4, 0.5) is 0 Å². The van der Waals surface area contributed by atoms with Gasteiger partial charge in [0.25, 0.3) is 0 Å². The van der Waals surface area contributed by atoms with Crippen molar-refractivity contribution in [3.63, 3.8) is 0 Å². The molecule has 0 aliphatic carbocycles. The van der Waals surface area contributed by atoms with Crippen molar-refractivity contribution in [2.45, 2.75) is 11.9 Å². The molecule has 4 nitrogen and oxygen atoms in total. The first-order valence-corrected chi connectivity index (χ1v) is 4.03. The molecule has 0 aliphatic rings. The Balaban J connectivity index is 2.45. The third kappa shape index (κ3) is 2.63. The van der Waals surface area contributed by atoms with Gasteiger partial charge in [-0.1, -0.05) is 11.8 Å². The molecule has 0 spiro atoms. The summed E-state index contributed by atoms with van der Waals surface area (Å²) < 4.78 is 0. The number of aryl methyl sites for hydroxylation is 1. The van der Waals surface area contributed by atoms with Gasteiger partial charge in [0.1, 0.15) is 5.03 Å². The fraction of sp³-hybridized carbons (Fsp3) is 0.333. The van der Waals surface area contributed by atoms with E-state index in [2.05, 4.69) is 10.2 Å². The molecule has 0 fully saturated rings. The number of aromatic amines is 1. The van der Waals surface area contributed by atoms with Crippen LogP contribution < -0.4 is 0 Å². The van der Waals surface area contributed by atoms with E-state index in [0.29, 0.717) is 0 Å². The average molecular weight is 172 g/mol. The smallest absolute Gasteiger partial charge is 0.313 e. The summed E-state index contributed by atoms with van der Waals surface area (Å²) in [5, 5.41) is 15.6. The lowest BCUT2D eigenvalue weighted by Gasteiger charge is -1.88. The molecule has 0 aromatic carbocycles. The molecule has 0 bridgehead atoms. The highest BCUT2D eigenvalue weighted by Crippen LogP contribution is 2.14. The number of nitrogens with zero attached hydrogens (tertiary/aromatic N) is 1. The predicted octanol–water partition coefficient (Wildman–Crippen LogP) is 0.895. The molecular weight excluding hydrogens is 164 g/mol. The van der Waals surface area contributed by atoms with Gasteiger partial charge in [-0.05, 0) is 13.0 Å². The monoisotopic (exact) mass is 172 g/mol. The molecule has 1 aromatic rings. The van der Waals surface area contributed by atoms with Gasteiger partial charge < -0.3 is 5.11 Å². The zero-order valence-corrected chi connectivity index (χ0v) is 6.81. The van der Waals surface area contributed by atoms with Gasteiger partial charge in [-0.2, -0.15) is 5.10 Å². The van der Waals surface area contributed by atoms with Crippen LogP contribution in [-0.2, 0) is 4.79 Å². The number of aromatic nitrogens is 2. The fourth-order valence-corrected chi connectivity index (χ4v) is 1.24. The van der Waals surface area contributed by atoms with Crippen LogP contribution in [0.3, 0.4) is 0 Å². The minimum Gasteiger partial charge on any atom is -0.481 e. The Labute approximate surface area is 68.0 Å². The third-order valence-corrected chi connectivity index (χ3v) is 1.92. The molecule has 5 heteroatoms. The fourth-order valence-electron chi connectivity index (χ4n) is 0.603. The minimum atomic E-state index is -0.823. The summed E-state index contributed by atoms with van der Waals surface area (Å²) in [5.74, 6) is -0.764. The topological polar surface area (TPSA) is 66.0 Å². The maximum Gasteiger partial charge on any atom is 0.313 e. The Morgan fingerprint density at radius 2 is 2.64 bits per heavy atom. The van der Waals surface area contributed by atoms with Gasteiger partial charge in [0.05, 0.1) is 5.75 Å². The second-order valence-electron chi connectivity index (χ2n) is 2.07. The predicted molar refractivity (Wildman–Crippen MR) is 41.7 cm³/mol. The van der Waals surface area contributed by atoms with Gasteiger partial charge >= 0.3 is 5.97 Å². The van der Waals surface area contributed by atoms with Crippen LogP contribution >= 0.6 is 11.8 Å². The minimum absolute atomic E-state index is 0.0598. The van der Waals surface area contributed by atoms with Crippen LogP contribution in [0.25, 0.3) is 0 Å². The zero-order chi connectivity index (χ0) is 8.27. The molecule has 2 N–H and O–H groups in total. The van der Waals surface area contributed by atoms with Gasteiger partial charge in [0.15, 0.2) is 0 Å². The first kappa shape index (κ1) is 8.13. The molecule has 0 radical (unpaired) electrons. The van der Waals surface area contributed by atoms with Crippen molar-refractivity contribution in [3.05, 3.63) is 11.8 Å². The van der Waals surface area contributed by atoms with Gasteiger partial charge in [-0.25, -0.2) is 0 Å². The Kier molecular flexibility index (Phi) is 2.53. The van der Waals surface area contributed by atoms with Crippen molar-refractivity contribution in [3.8, 4) is 0 Å². The van der Waals surface area contributed by atoms with Crippen LogP contribution in [0.1, 0.15) is 5.69 Å². The van der Waals surface area contributed by atoms with Gasteiger partial charge in [-0.15, -0.1) is 0 Å². The van der Waals surface area contributed by atoms with E-state index in [9.17, 15) is 4.79 Å². The molecule has 0 amide bonds. The van der Waals surface area contributed by atoms with Crippen LogP contribution in [-0.4, -0.2) is 27.0 Å². The molecule has 0 atom stereocenters. The Morgan fingerprint density at radius 1 is 1.91 bits per heavy atom. The second kappa shape index (κ2) is 3.43. The summed E-state index contributed by atoms with van der Waals surface area (Å²) in [6.07, 6.45) is 0. The molecular formula is C6H8N2O2S. The molecule has 0 aliphatic heterocycles. The first-order valence-electron chi connectivity index (χ1n) is 3.05. The largest absolute Gasteiger partial charge is 0.481 e. The highest BCUT2D eigenvalue weighted by Gasteiger charge is 2.01. The van der Waals surface area contributed by atoms with Crippen molar-refractivity contribution in [1.82, 2.24) is 10.2 Å². The Hall–Kier alpha value is -0.970. The SMILES string of the molecule is Cc1cc(SCC(=O)O)n[nH]1. The van der Waals surface area contributed by atoms with Crippen molar-refractivity contribution in [2.75, 3.05) is 5.75 Å². The van der Waals surface area contributed by atoms with Gasteiger partial charge in [-0.3, -0.25) is 9.89 Å². The van der Waals surface area contributed by atoms with E-state index in [0.717, 1.165) is 10.7 Å². The number of hydrogen-bond acceptors (Lipinski definition) is 3. The van der Waals surface area contributed by atoms with E-state index in [1.54, 1.807) is 0 Å². The molecule has 0 saturated heterocycles. The normalized spacial score (nSPS) is 9.91. The summed E-state index contributed by atoms with van der Waals surface area (Å²) in [6.45, 7) is 1.87. The number of carboxylic acids is 1. The Morgan fingerprint density at radius 3 is 3.09 bits per heavy atom. The Bertz CT molecular complexity index is 259. The van der Waals surface area contributed by atoms with E-state index in [1.165, 1.54) is 11.8 Å². The summed E-state index contributed by atoms with van der Waals surface area (Å²) in [6, 6.07) is 1.81. The van der Waals surface area contributed by atoms with E-state index >= 15 is 0 Å². The highest BCUT2D eigenvalue weighted by molar-refractivity contribution is 7.99. The summed E-state index contributed by atoms with van der Waals surface area (Å²) >= 11 is 1.21. The summed E-state index contributed by atoms with van der Waals surface area (Å²) in [5.41, 5.74) is 0.942. The van der Waals surface area contributed by atoms with Gasteiger partial charge in [0.2, 0.25) is 0 Å². The number of H-pyrrole nitrogens is 1. The standard InChI is InChI=1S/C6H8N2O2S/c1-4-2-5(8-7-4)11-3-6(9)10/h2H,3H2,1H3,(H,7,8)(H,9,10). The third-order valence-electron chi connectivity index (χ3n) is 1.03. The van der Waals surface area contributed by atoms with Crippen LogP contribution in [0.2, 0.25) is 0 Å². The molecule has 60 valence electrons. The summed E-state index contributed by atoms with van der Waals surface area (Å²) in [7, 11) is 0. The second-order valence-corrected chi connectivity index (χ2v) is 3.07. The number of carbonyl (C=O) groups is 1. The number of rotatable bonds is 3. The zero-order valence-electron chi connectivity index (χ0n) is 6.00. The summed E-state index contributed by atoms with van der Waals surface area (Å²) in [4.78, 5) is 10.1. The number of nitrogens with one attached hydrogen (secondary N) is 1. The maximum atomic E-state index is 10.1. The van der Waals surface area contributed by atoms with E-state index in [1.807, 2.05) is 13.0 Å². The van der Waals surface area contributed by atoms with Crippen LogP contribution in [0, 0.1) is 6.92 Å². The van der Waals surface area contributed by atoms with Crippen molar-refractivity contribution < 1.29 is 9.90 Å². The molecule has 1 rings (SSSR count). The van der Waals surface area contributed by atoms with E-state index < -0.39 is 5.97 Å². The lowest BCUT2D eigenvalue weighted by molar-refractivity contribution is -0.133. The molecule has 0 saturated carbocycles. The van der Waals surface area contributed by atoms with Crippen LogP contribution in [0.15, 0.2) is 11.1 Å². The number of hydrogen-bond donors (Lipinski definition) is 2. The molecule has 0 unspecified atom stereocenters. The molecule has 1 aromatic heterocycles. The lowest BCUT2D eigenvalue weighted by atomic mass is 10.5. The van der Waals surface area contributed by atoms with E-state index in [-0.39, 0.29) is 5.75 Å². The van der Waals surface area contributed by atoms with Crippen molar-refractivity contribution in [1.29, 1.82) is 0 Å². The van der Waals surface area contributed by atoms with Crippen LogP contribution in [0.5, 0.6) is 0 Å². The first-order chi connectivity index (χ1) is 5.18. The quantitative estimate of drug-likeness (QED) is 0.665. The molecule has 1 heterocycles. The van der Waals surface area contributed by atoms with Crippen molar-refractivity contribution >= 4 is 17.7 Å². The molecule has 11 heavy (non-hydrogen) atoms. The highest BCUT2D eigenvalue weighted by atomic mass is 32.2. The average Bonchev–Trinajstić information content (AvgIpc) is 2.31. The van der Waals surface area contributed by atoms with E-state index in [4.69, 9.17) is 5.11 Å². The number of thioether (sulfide) groups is 1. The number of carboxylic acid groups (broad SMARTS) is 1. The maximum absolute atomic E-state index is 10.1.